The van der Waals surface area contributed by atoms with E-state index in [4.69, 9.17) is 0 Å². The Bertz CT molecular complexity index is 836. The van der Waals surface area contributed by atoms with E-state index < -0.39 is 5.66 Å². The summed E-state index contributed by atoms with van der Waals surface area (Å²) in [6.07, 6.45) is 7.45. The zero-order chi connectivity index (χ0) is 14.9. The van der Waals surface area contributed by atoms with Gasteiger partial charge < -0.3 is 0 Å². The number of hydrogen-bond acceptors (Lipinski definition) is 4. The first-order valence-electron chi connectivity index (χ1n) is 6.68. The summed E-state index contributed by atoms with van der Waals surface area (Å²) in [4.78, 5) is 29.1. The average Bonchev–Trinajstić information content (AvgIpc) is 2.51. The van der Waals surface area contributed by atoms with E-state index >= 15 is 0 Å². The highest BCUT2D eigenvalue weighted by molar-refractivity contribution is 5.97. The summed E-state index contributed by atoms with van der Waals surface area (Å²) in [7, 11) is 0. The third-order valence-electron chi connectivity index (χ3n) is 3.87. The third kappa shape index (κ3) is 1.86. The Labute approximate surface area is 121 Å². The number of aryl methyl sites for hydroxylation is 1. The molecule has 0 heterocycles. The minimum atomic E-state index is -1.34. The SMILES string of the molecule is CCc1ccc2cccc3c2c1C=CC3(N=C=O)N=C=O. The molecule has 4 heteroatoms. The Kier molecular flexibility index (Phi) is 3.11. The lowest BCUT2D eigenvalue weighted by Crippen LogP contribution is -2.21. The van der Waals surface area contributed by atoms with Crippen molar-refractivity contribution >= 4 is 29.0 Å². The van der Waals surface area contributed by atoms with Gasteiger partial charge in [-0.05, 0) is 34.4 Å². The molecule has 0 bridgehead atoms. The highest BCUT2D eigenvalue weighted by Gasteiger charge is 2.34. The lowest BCUT2D eigenvalue weighted by atomic mass is 9.84. The van der Waals surface area contributed by atoms with E-state index in [1.54, 1.807) is 6.08 Å². The average molecular weight is 276 g/mol. The van der Waals surface area contributed by atoms with Crippen LogP contribution in [0.3, 0.4) is 0 Å². The van der Waals surface area contributed by atoms with Crippen molar-refractivity contribution in [3.8, 4) is 0 Å². The molecule has 0 saturated heterocycles. The number of aliphatic imine (C=N–C) groups is 2. The highest BCUT2D eigenvalue weighted by Crippen LogP contribution is 2.41. The van der Waals surface area contributed by atoms with Crippen LogP contribution in [0.2, 0.25) is 0 Å². The smallest absolute Gasteiger partial charge is 0.211 e. The fourth-order valence-electron chi connectivity index (χ4n) is 2.90. The monoisotopic (exact) mass is 276 g/mol. The van der Waals surface area contributed by atoms with Crippen LogP contribution in [-0.4, -0.2) is 12.2 Å². The van der Waals surface area contributed by atoms with Gasteiger partial charge in [0.1, 0.15) is 0 Å². The van der Waals surface area contributed by atoms with E-state index in [1.165, 1.54) is 17.7 Å². The van der Waals surface area contributed by atoms with Crippen molar-refractivity contribution in [2.24, 2.45) is 9.98 Å². The molecule has 0 fully saturated rings. The van der Waals surface area contributed by atoms with Crippen molar-refractivity contribution < 1.29 is 9.59 Å². The van der Waals surface area contributed by atoms with Crippen LogP contribution in [0.5, 0.6) is 0 Å². The van der Waals surface area contributed by atoms with Crippen LogP contribution < -0.4 is 0 Å². The third-order valence-corrected chi connectivity index (χ3v) is 3.87. The standard InChI is InChI=1S/C17H12N2O2/c1-2-12-6-7-13-4-3-5-15-16(13)14(12)8-9-17(15,18-10-20)19-11-21/h3-9H,2H2,1H3. The molecule has 0 radical (unpaired) electrons. The molecule has 21 heavy (non-hydrogen) atoms. The Morgan fingerprint density at radius 2 is 1.86 bits per heavy atom. The molecule has 102 valence electrons. The summed E-state index contributed by atoms with van der Waals surface area (Å²) in [5, 5.41) is 1.99. The van der Waals surface area contributed by atoms with E-state index in [2.05, 4.69) is 23.0 Å². The van der Waals surface area contributed by atoms with Crippen molar-refractivity contribution in [3.63, 3.8) is 0 Å². The van der Waals surface area contributed by atoms with Gasteiger partial charge in [0.25, 0.3) is 0 Å². The number of hydrogen-bond donors (Lipinski definition) is 0. The van der Waals surface area contributed by atoms with Crippen LogP contribution >= 0.6 is 0 Å². The number of benzene rings is 2. The predicted molar refractivity (Wildman–Crippen MR) is 80.3 cm³/mol. The number of isocyanates is 2. The lowest BCUT2D eigenvalue weighted by molar-refractivity contribution is 0.527. The van der Waals surface area contributed by atoms with E-state index in [9.17, 15) is 9.59 Å². The first kappa shape index (κ1) is 13.2. The minimum Gasteiger partial charge on any atom is -0.211 e. The summed E-state index contributed by atoms with van der Waals surface area (Å²) in [6, 6.07) is 9.80. The van der Waals surface area contributed by atoms with Gasteiger partial charge in [-0.3, -0.25) is 0 Å². The molecule has 1 aliphatic carbocycles. The van der Waals surface area contributed by atoms with Gasteiger partial charge in [0.15, 0.2) is 0 Å². The van der Waals surface area contributed by atoms with Gasteiger partial charge in [-0.15, -0.1) is 0 Å². The van der Waals surface area contributed by atoms with Crippen LogP contribution in [0.4, 0.5) is 0 Å². The molecular weight excluding hydrogens is 264 g/mol. The maximum atomic E-state index is 10.8. The van der Waals surface area contributed by atoms with Crippen molar-refractivity contribution in [3.05, 3.63) is 53.1 Å². The minimum absolute atomic E-state index is 0.708. The molecular formula is C17H12N2O2. The zero-order valence-corrected chi connectivity index (χ0v) is 11.5. The van der Waals surface area contributed by atoms with Gasteiger partial charge in [0, 0.05) is 5.56 Å². The van der Waals surface area contributed by atoms with Gasteiger partial charge in [-0.25, -0.2) is 9.59 Å². The normalized spacial score (nSPS) is 18.9. The summed E-state index contributed by atoms with van der Waals surface area (Å²) >= 11 is 0. The largest absolute Gasteiger partial charge is 0.238 e. The van der Waals surface area contributed by atoms with Crippen LogP contribution in [-0.2, 0) is 21.7 Å². The predicted octanol–water partition coefficient (Wildman–Crippen LogP) is 3.25. The Morgan fingerprint density at radius 1 is 1.10 bits per heavy atom. The molecule has 0 spiro atoms. The molecule has 0 aliphatic heterocycles. The summed E-state index contributed by atoms with van der Waals surface area (Å²) in [5.74, 6) is 0. The van der Waals surface area contributed by atoms with Crippen LogP contribution in [0.1, 0.15) is 23.6 Å². The Hall–Kier alpha value is -2.80. The molecule has 2 aromatic rings. The first-order chi connectivity index (χ1) is 10.3. The molecule has 2 aromatic carbocycles. The second-order valence-electron chi connectivity index (χ2n) is 4.86. The molecule has 4 nitrogen and oxygen atoms in total. The van der Waals surface area contributed by atoms with E-state index in [-0.39, 0.29) is 0 Å². The number of carbonyl (C=O) groups excluding carboxylic acids is 2. The van der Waals surface area contributed by atoms with Gasteiger partial charge in [-0.2, -0.15) is 9.98 Å². The highest BCUT2D eigenvalue weighted by atomic mass is 16.1. The summed E-state index contributed by atoms with van der Waals surface area (Å²) < 4.78 is 0. The van der Waals surface area contributed by atoms with Crippen molar-refractivity contribution in [1.29, 1.82) is 0 Å². The van der Waals surface area contributed by atoms with Crippen LogP contribution in [0.25, 0.3) is 16.8 Å². The number of rotatable bonds is 3. The van der Waals surface area contributed by atoms with Gasteiger partial charge in [-0.1, -0.05) is 43.3 Å². The molecule has 0 amide bonds. The van der Waals surface area contributed by atoms with Crippen molar-refractivity contribution in [1.82, 2.24) is 0 Å². The maximum Gasteiger partial charge on any atom is 0.238 e. The maximum absolute atomic E-state index is 10.8. The molecule has 0 aromatic heterocycles. The number of nitrogens with zero attached hydrogens (tertiary/aromatic N) is 2. The van der Waals surface area contributed by atoms with Gasteiger partial charge in [0.05, 0.1) is 0 Å². The van der Waals surface area contributed by atoms with Crippen molar-refractivity contribution in [2.45, 2.75) is 19.0 Å². The lowest BCUT2D eigenvalue weighted by Gasteiger charge is -2.26. The van der Waals surface area contributed by atoms with E-state index in [0.717, 1.165) is 22.8 Å². The zero-order valence-electron chi connectivity index (χ0n) is 11.5. The van der Waals surface area contributed by atoms with Gasteiger partial charge >= 0.3 is 0 Å². The molecule has 0 atom stereocenters. The molecule has 0 unspecified atom stereocenters. The van der Waals surface area contributed by atoms with Crippen molar-refractivity contribution in [2.75, 3.05) is 0 Å². The molecule has 0 saturated carbocycles. The van der Waals surface area contributed by atoms with Crippen LogP contribution in [0, 0.1) is 0 Å². The quantitative estimate of drug-likeness (QED) is 0.638. The topological polar surface area (TPSA) is 58.9 Å². The summed E-state index contributed by atoms with van der Waals surface area (Å²) in [5.41, 5.74) is 1.65. The Morgan fingerprint density at radius 3 is 2.52 bits per heavy atom. The van der Waals surface area contributed by atoms with Gasteiger partial charge in [0.2, 0.25) is 17.8 Å². The fourth-order valence-corrected chi connectivity index (χ4v) is 2.90. The molecule has 0 N–H and O–H groups in total. The first-order valence-corrected chi connectivity index (χ1v) is 6.68. The second-order valence-corrected chi connectivity index (χ2v) is 4.86. The second kappa shape index (κ2) is 4.95. The molecule has 3 rings (SSSR count). The van der Waals surface area contributed by atoms with E-state index in [1.807, 2.05) is 30.3 Å². The van der Waals surface area contributed by atoms with Crippen LogP contribution in [0.15, 0.2) is 46.4 Å². The van der Waals surface area contributed by atoms with E-state index in [0.29, 0.717) is 5.56 Å². The fraction of sp³-hybridized carbons (Fsp3) is 0.176. The summed E-state index contributed by atoms with van der Waals surface area (Å²) in [6.45, 7) is 2.09. The Balaban J connectivity index is 2.48. The molecule has 1 aliphatic rings.